The van der Waals surface area contributed by atoms with Gasteiger partial charge in [0.15, 0.2) is 0 Å². The third-order valence-corrected chi connectivity index (χ3v) is 3.91. The van der Waals surface area contributed by atoms with Crippen molar-refractivity contribution in [1.82, 2.24) is 10.2 Å². The van der Waals surface area contributed by atoms with Crippen molar-refractivity contribution in [1.29, 1.82) is 0 Å². The predicted octanol–water partition coefficient (Wildman–Crippen LogP) is 1.80. The molecule has 4 heteroatoms. The number of nitrogens with two attached hydrogens (primary N) is 1. The fourth-order valence-electron chi connectivity index (χ4n) is 2.78. The van der Waals surface area contributed by atoms with Gasteiger partial charge in [-0.2, -0.15) is 0 Å². The van der Waals surface area contributed by atoms with Crippen molar-refractivity contribution < 1.29 is 4.79 Å². The van der Waals surface area contributed by atoms with Crippen molar-refractivity contribution in [2.24, 2.45) is 0 Å². The molecule has 0 saturated carbocycles. The molecule has 1 fully saturated rings. The monoisotopic (exact) mass is 275 g/mol. The van der Waals surface area contributed by atoms with Crippen LogP contribution in [0.3, 0.4) is 0 Å². The number of rotatable bonds is 5. The van der Waals surface area contributed by atoms with Crippen molar-refractivity contribution in [3.8, 4) is 0 Å². The Bertz CT molecular complexity index is 422. The first-order valence-corrected chi connectivity index (χ1v) is 7.47. The van der Waals surface area contributed by atoms with Gasteiger partial charge >= 0.3 is 0 Å². The highest BCUT2D eigenvalue weighted by Crippen LogP contribution is 2.12. The lowest BCUT2D eigenvalue weighted by Crippen LogP contribution is -2.44. The molecule has 1 aliphatic heterocycles. The molecule has 1 aromatic carbocycles. The highest BCUT2D eigenvalue weighted by atomic mass is 16.1. The van der Waals surface area contributed by atoms with E-state index in [2.05, 4.69) is 22.3 Å². The average Bonchev–Trinajstić information content (AvgIpc) is 2.42. The van der Waals surface area contributed by atoms with Gasteiger partial charge in [-0.15, -0.1) is 0 Å². The maximum Gasteiger partial charge on any atom is 0.217 e. The molecule has 0 radical (unpaired) electrons. The summed E-state index contributed by atoms with van der Waals surface area (Å²) in [7, 11) is 0. The molecule has 0 spiro atoms. The number of nitrogens with one attached hydrogen (secondary N) is 1. The number of benzene rings is 1. The second-order valence-electron chi connectivity index (χ2n) is 5.66. The molecule has 1 aromatic rings. The molecule has 2 rings (SSSR count). The second-order valence-corrected chi connectivity index (χ2v) is 5.66. The number of carbonyl (C=O) groups is 1. The van der Waals surface area contributed by atoms with E-state index in [0.29, 0.717) is 6.04 Å². The van der Waals surface area contributed by atoms with Crippen LogP contribution in [-0.4, -0.2) is 36.5 Å². The topological polar surface area (TPSA) is 58.4 Å². The lowest BCUT2D eigenvalue weighted by atomic mass is 10.0. The van der Waals surface area contributed by atoms with Crippen molar-refractivity contribution in [3.05, 3.63) is 29.8 Å². The average molecular weight is 275 g/mol. The van der Waals surface area contributed by atoms with E-state index in [1.54, 1.807) is 6.92 Å². The maximum absolute atomic E-state index is 11.0. The fraction of sp³-hybridized carbons (Fsp3) is 0.562. The van der Waals surface area contributed by atoms with Gasteiger partial charge in [0.2, 0.25) is 5.91 Å². The van der Waals surface area contributed by atoms with E-state index in [4.69, 9.17) is 5.73 Å². The number of nitrogen functional groups attached to an aromatic ring is 1. The van der Waals surface area contributed by atoms with Crippen molar-refractivity contribution >= 4 is 11.6 Å². The summed E-state index contributed by atoms with van der Waals surface area (Å²) in [5, 5.41) is 3.01. The minimum Gasteiger partial charge on any atom is -0.399 e. The van der Waals surface area contributed by atoms with Crippen molar-refractivity contribution in [2.75, 3.05) is 25.4 Å². The minimum absolute atomic E-state index is 0.0896. The number of hydrogen-bond acceptors (Lipinski definition) is 3. The molecule has 20 heavy (non-hydrogen) atoms. The number of aryl methyl sites for hydroxylation is 1. The van der Waals surface area contributed by atoms with Crippen LogP contribution in [0.1, 0.15) is 31.7 Å². The van der Waals surface area contributed by atoms with Crippen molar-refractivity contribution in [3.63, 3.8) is 0 Å². The predicted molar refractivity (Wildman–Crippen MR) is 82.5 cm³/mol. The number of carbonyl (C=O) groups excluding carboxylic acids is 1. The molecule has 0 bridgehead atoms. The van der Waals surface area contributed by atoms with E-state index >= 15 is 0 Å². The summed E-state index contributed by atoms with van der Waals surface area (Å²) >= 11 is 0. The van der Waals surface area contributed by atoms with E-state index in [0.717, 1.165) is 44.6 Å². The van der Waals surface area contributed by atoms with Crippen LogP contribution in [0.15, 0.2) is 24.3 Å². The van der Waals surface area contributed by atoms with Crippen LogP contribution in [0.5, 0.6) is 0 Å². The third kappa shape index (κ3) is 4.85. The molecule has 1 amide bonds. The van der Waals surface area contributed by atoms with Crippen LogP contribution in [0, 0.1) is 0 Å². The molecule has 1 saturated heterocycles. The Kier molecular flexibility index (Phi) is 5.41. The molecule has 0 aromatic heterocycles. The summed E-state index contributed by atoms with van der Waals surface area (Å²) in [6.45, 7) is 4.91. The highest BCUT2D eigenvalue weighted by molar-refractivity contribution is 5.73. The molecule has 0 unspecified atom stereocenters. The van der Waals surface area contributed by atoms with E-state index < -0.39 is 0 Å². The number of nitrogens with zero attached hydrogens (tertiary/aromatic N) is 1. The largest absolute Gasteiger partial charge is 0.399 e. The molecule has 3 N–H and O–H groups in total. The lowest BCUT2D eigenvalue weighted by molar-refractivity contribution is -0.119. The Morgan fingerprint density at radius 2 is 1.95 bits per heavy atom. The smallest absolute Gasteiger partial charge is 0.217 e. The first-order chi connectivity index (χ1) is 9.63. The number of amides is 1. The second kappa shape index (κ2) is 7.29. The Labute approximate surface area is 121 Å². The molecule has 0 atom stereocenters. The van der Waals surface area contributed by atoms with E-state index in [1.807, 2.05) is 12.1 Å². The minimum atomic E-state index is 0.0896. The summed E-state index contributed by atoms with van der Waals surface area (Å²) in [4.78, 5) is 13.5. The van der Waals surface area contributed by atoms with E-state index in [-0.39, 0.29) is 5.91 Å². The molecular weight excluding hydrogens is 250 g/mol. The molecule has 1 heterocycles. The summed E-state index contributed by atoms with van der Waals surface area (Å²) in [6.07, 6.45) is 4.42. The third-order valence-electron chi connectivity index (χ3n) is 3.91. The SMILES string of the molecule is CC(=O)NC1CCN(CCCc2ccc(N)cc2)CC1. The standard InChI is InChI=1S/C16H25N3O/c1-13(20)18-16-8-11-19(12-9-16)10-2-3-14-4-6-15(17)7-5-14/h4-7,16H,2-3,8-12,17H2,1H3,(H,18,20). The van der Waals surface area contributed by atoms with Gasteiger partial charge in [-0.3, -0.25) is 4.79 Å². The molecule has 1 aliphatic rings. The molecule has 4 nitrogen and oxygen atoms in total. The first-order valence-electron chi connectivity index (χ1n) is 7.47. The zero-order valence-corrected chi connectivity index (χ0v) is 12.3. The van der Waals surface area contributed by atoms with Gasteiger partial charge in [-0.25, -0.2) is 0 Å². The van der Waals surface area contributed by atoms with Gasteiger partial charge in [0.1, 0.15) is 0 Å². The summed E-state index contributed by atoms with van der Waals surface area (Å²) in [5.41, 5.74) is 7.86. The number of hydrogen-bond donors (Lipinski definition) is 2. The van der Waals surface area contributed by atoms with Crippen molar-refractivity contribution in [2.45, 2.75) is 38.6 Å². The van der Waals surface area contributed by atoms with Crippen LogP contribution in [0.2, 0.25) is 0 Å². The normalized spacial score (nSPS) is 17.1. The number of piperidine rings is 1. The molecule has 0 aliphatic carbocycles. The Morgan fingerprint density at radius 1 is 1.30 bits per heavy atom. The first kappa shape index (κ1) is 14.9. The van der Waals surface area contributed by atoms with Crippen LogP contribution in [0.4, 0.5) is 5.69 Å². The summed E-state index contributed by atoms with van der Waals surface area (Å²) in [6, 6.07) is 8.53. The number of anilines is 1. The summed E-state index contributed by atoms with van der Waals surface area (Å²) in [5.74, 6) is 0.0896. The fourth-order valence-corrected chi connectivity index (χ4v) is 2.78. The van der Waals surface area contributed by atoms with Gasteiger partial charge in [-0.1, -0.05) is 12.1 Å². The zero-order chi connectivity index (χ0) is 14.4. The van der Waals surface area contributed by atoms with Gasteiger partial charge in [0.05, 0.1) is 0 Å². The van der Waals surface area contributed by atoms with Gasteiger partial charge in [0, 0.05) is 31.7 Å². The van der Waals surface area contributed by atoms with E-state index in [1.165, 1.54) is 12.0 Å². The molecule has 110 valence electrons. The maximum atomic E-state index is 11.0. The summed E-state index contributed by atoms with van der Waals surface area (Å²) < 4.78 is 0. The van der Waals surface area contributed by atoms with Gasteiger partial charge in [0.25, 0.3) is 0 Å². The zero-order valence-electron chi connectivity index (χ0n) is 12.3. The highest BCUT2D eigenvalue weighted by Gasteiger charge is 2.18. The Balaban J connectivity index is 1.63. The quantitative estimate of drug-likeness (QED) is 0.806. The molecular formula is C16H25N3O. The Hall–Kier alpha value is -1.55. The van der Waals surface area contributed by atoms with E-state index in [9.17, 15) is 4.79 Å². The van der Waals surface area contributed by atoms with Crippen LogP contribution in [-0.2, 0) is 11.2 Å². The lowest BCUT2D eigenvalue weighted by Gasteiger charge is -2.32. The van der Waals surface area contributed by atoms with Crippen LogP contribution in [0.25, 0.3) is 0 Å². The van der Waals surface area contributed by atoms with Crippen LogP contribution >= 0.6 is 0 Å². The Morgan fingerprint density at radius 3 is 2.55 bits per heavy atom. The van der Waals surface area contributed by atoms with Gasteiger partial charge < -0.3 is 16.0 Å². The number of likely N-dealkylation sites (tertiary alicyclic amines) is 1. The van der Waals surface area contributed by atoms with Gasteiger partial charge in [-0.05, 0) is 49.9 Å². The van der Waals surface area contributed by atoms with Crippen LogP contribution < -0.4 is 11.1 Å².